The maximum atomic E-state index is 13.5. The predicted molar refractivity (Wildman–Crippen MR) is 53.3 cm³/mol. The van der Waals surface area contributed by atoms with E-state index in [9.17, 15) is 35.1 Å². The highest BCUT2D eigenvalue weighted by Gasteiger charge is 2.85. The third-order valence-corrected chi connectivity index (χ3v) is 3.27. The number of aryl methyl sites for hydroxylation is 1. The molecule has 2 N–H and O–H groups in total. The van der Waals surface area contributed by atoms with Crippen molar-refractivity contribution in [3.05, 3.63) is 28.8 Å². The maximum absolute atomic E-state index is 13.5. The normalized spacial score (nSPS) is 25.1. The van der Waals surface area contributed by atoms with Gasteiger partial charge in [-0.3, -0.25) is 0 Å². The number of halogens is 8. The SMILES string of the molecule is Cc1cc2c(cc1N)C(F)(F)C(F)(F)C(F)(F)C2(F)F. The first-order chi connectivity index (χ1) is 8.78. The first-order valence-corrected chi connectivity index (χ1v) is 5.21. The molecule has 0 aliphatic heterocycles. The minimum Gasteiger partial charge on any atom is -0.399 e. The van der Waals surface area contributed by atoms with Crippen LogP contribution in [-0.2, 0) is 11.8 Å². The van der Waals surface area contributed by atoms with Crippen LogP contribution in [0.1, 0.15) is 16.7 Å². The van der Waals surface area contributed by atoms with Gasteiger partial charge in [0, 0.05) is 16.8 Å². The lowest BCUT2D eigenvalue weighted by molar-refractivity contribution is -0.386. The van der Waals surface area contributed by atoms with Crippen molar-refractivity contribution >= 4 is 5.69 Å². The lowest BCUT2D eigenvalue weighted by atomic mass is 9.79. The molecular weight excluding hydrogens is 298 g/mol. The van der Waals surface area contributed by atoms with Gasteiger partial charge in [0.1, 0.15) is 0 Å². The Balaban J connectivity index is 2.92. The Bertz CT molecular complexity index is 527. The van der Waals surface area contributed by atoms with E-state index < -0.39 is 40.5 Å². The van der Waals surface area contributed by atoms with Crippen molar-refractivity contribution in [3.63, 3.8) is 0 Å². The van der Waals surface area contributed by atoms with Crippen LogP contribution in [0, 0.1) is 6.92 Å². The van der Waals surface area contributed by atoms with Gasteiger partial charge in [0.25, 0.3) is 0 Å². The second-order valence-corrected chi connectivity index (χ2v) is 4.55. The number of anilines is 1. The molecule has 20 heavy (non-hydrogen) atoms. The molecule has 0 amide bonds. The minimum absolute atomic E-state index is 0.182. The molecule has 0 atom stereocenters. The predicted octanol–water partition coefficient (Wildman–Crippen LogP) is 4.05. The van der Waals surface area contributed by atoms with Gasteiger partial charge in [-0.25, -0.2) is 0 Å². The molecule has 1 aromatic rings. The highest BCUT2D eigenvalue weighted by Crippen LogP contribution is 2.64. The van der Waals surface area contributed by atoms with Crippen LogP contribution < -0.4 is 5.73 Å². The fraction of sp³-hybridized carbons (Fsp3) is 0.455. The van der Waals surface area contributed by atoms with E-state index in [0.29, 0.717) is 0 Å². The van der Waals surface area contributed by atoms with E-state index in [2.05, 4.69) is 0 Å². The van der Waals surface area contributed by atoms with Crippen LogP contribution in [0.25, 0.3) is 0 Å². The second-order valence-electron chi connectivity index (χ2n) is 4.55. The highest BCUT2D eigenvalue weighted by molar-refractivity contribution is 5.56. The topological polar surface area (TPSA) is 26.0 Å². The van der Waals surface area contributed by atoms with Gasteiger partial charge in [-0.2, -0.15) is 35.1 Å². The summed E-state index contributed by atoms with van der Waals surface area (Å²) in [6, 6.07) is 0.462. The number of alkyl halides is 8. The van der Waals surface area contributed by atoms with E-state index in [1.54, 1.807) is 0 Å². The summed E-state index contributed by atoms with van der Waals surface area (Å²) in [4.78, 5) is 0. The molecule has 0 spiro atoms. The van der Waals surface area contributed by atoms with Gasteiger partial charge in [0.2, 0.25) is 0 Å². The van der Waals surface area contributed by atoms with Gasteiger partial charge in [0.05, 0.1) is 0 Å². The maximum Gasteiger partial charge on any atom is 0.382 e. The largest absolute Gasteiger partial charge is 0.399 e. The molecule has 9 heteroatoms. The molecule has 0 unspecified atom stereocenters. The van der Waals surface area contributed by atoms with Gasteiger partial charge < -0.3 is 5.73 Å². The summed E-state index contributed by atoms with van der Waals surface area (Å²) in [6.07, 6.45) is 0. The average Bonchev–Trinajstić information content (AvgIpc) is 2.29. The minimum atomic E-state index is -6.24. The zero-order valence-electron chi connectivity index (χ0n) is 9.76. The number of fused-ring (bicyclic) bond motifs is 1. The van der Waals surface area contributed by atoms with Crippen LogP contribution in [0.4, 0.5) is 40.8 Å². The van der Waals surface area contributed by atoms with Gasteiger partial charge in [-0.05, 0) is 24.6 Å². The summed E-state index contributed by atoms with van der Waals surface area (Å²) in [5.74, 6) is -23.4. The average molecular weight is 305 g/mol. The first-order valence-electron chi connectivity index (χ1n) is 5.21. The van der Waals surface area contributed by atoms with Crippen molar-refractivity contribution < 1.29 is 35.1 Å². The van der Waals surface area contributed by atoms with Crippen LogP contribution in [0.5, 0.6) is 0 Å². The Hall–Kier alpha value is -1.54. The number of nitrogen functional groups attached to an aromatic ring is 1. The molecule has 0 bridgehead atoms. The lowest BCUT2D eigenvalue weighted by Crippen LogP contribution is -2.63. The fourth-order valence-electron chi connectivity index (χ4n) is 1.98. The molecule has 0 aromatic heterocycles. The zero-order valence-corrected chi connectivity index (χ0v) is 9.76. The van der Waals surface area contributed by atoms with Crippen molar-refractivity contribution in [2.75, 3.05) is 5.73 Å². The molecule has 1 aromatic carbocycles. The summed E-state index contributed by atoms with van der Waals surface area (Å²) >= 11 is 0. The van der Waals surface area contributed by atoms with Gasteiger partial charge in [-0.15, -0.1) is 0 Å². The summed E-state index contributed by atoms with van der Waals surface area (Å²) in [7, 11) is 0. The summed E-state index contributed by atoms with van der Waals surface area (Å²) < 4.78 is 107. The Labute approximate surface area is 107 Å². The Morgan fingerprint density at radius 2 is 1.10 bits per heavy atom. The Kier molecular flexibility index (Phi) is 2.64. The van der Waals surface area contributed by atoms with Crippen molar-refractivity contribution in [1.82, 2.24) is 0 Å². The van der Waals surface area contributed by atoms with Crippen molar-refractivity contribution in [1.29, 1.82) is 0 Å². The van der Waals surface area contributed by atoms with Gasteiger partial charge in [-0.1, -0.05) is 0 Å². The smallest absolute Gasteiger partial charge is 0.382 e. The summed E-state index contributed by atoms with van der Waals surface area (Å²) in [5.41, 5.74) is 0.803. The number of rotatable bonds is 0. The van der Waals surface area contributed by atoms with Crippen LogP contribution in [-0.4, -0.2) is 11.8 Å². The van der Waals surface area contributed by atoms with E-state index in [-0.39, 0.29) is 17.7 Å². The van der Waals surface area contributed by atoms with E-state index >= 15 is 0 Å². The Morgan fingerprint density at radius 1 is 0.750 bits per heavy atom. The molecule has 1 nitrogen and oxygen atoms in total. The van der Waals surface area contributed by atoms with Gasteiger partial charge in [0.15, 0.2) is 0 Å². The molecule has 0 fully saturated rings. The molecule has 0 saturated carbocycles. The third kappa shape index (κ3) is 1.38. The molecule has 0 heterocycles. The van der Waals surface area contributed by atoms with Crippen LogP contribution in [0.2, 0.25) is 0 Å². The van der Waals surface area contributed by atoms with Crippen LogP contribution >= 0.6 is 0 Å². The third-order valence-electron chi connectivity index (χ3n) is 3.27. The van der Waals surface area contributed by atoms with Crippen LogP contribution in [0.3, 0.4) is 0 Å². The van der Waals surface area contributed by atoms with E-state index in [1.165, 1.54) is 0 Å². The van der Waals surface area contributed by atoms with Gasteiger partial charge >= 0.3 is 23.7 Å². The van der Waals surface area contributed by atoms with Crippen molar-refractivity contribution in [2.45, 2.75) is 30.6 Å². The molecule has 1 aliphatic rings. The first kappa shape index (κ1) is 14.9. The standard InChI is InChI=1S/C11H7F8N/c1-4-2-5-6(3-7(4)20)9(14,15)11(18,19)10(16,17)8(5,12)13/h2-3H,20H2,1H3. The fourth-order valence-corrected chi connectivity index (χ4v) is 1.98. The molecule has 2 rings (SSSR count). The van der Waals surface area contributed by atoms with Crippen molar-refractivity contribution in [2.24, 2.45) is 0 Å². The molecule has 0 saturated heterocycles. The molecule has 1 aliphatic carbocycles. The monoisotopic (exact) mass is 305 g/mol. The molecule has 112 valence electrons. The van der Waals surface area contributed by atoms with E-state index in [1.807, 2.05) is 0 Å². The molecular formula is C11H7F8N. The number of benzene rings is 1. The highest BCUT2D eigenvalue weighted by atomic mass is 19.4. The van der Waals surface area contributed by atoms with E-state index in [4.69, 9.17) is 5.73 Å². The number of hydrogen-bond acceptors (Lipinski definition) is 1. The quantitative estimate of drug-likeness (QED) is 0.568. The molecule has 0 radical (unpaired) electrons. The number of nitrogens with two attached hydrogens (primary N) is 1. The second kappa shape index (κ2) is 3.56. The lowest BCUT2D eigenvalue weighted by Gasteiger charge is -2.43. The number of hydrogen-bond donors (Lipinski definition) is 1. The zero-order chi connectivity index (χ0) is 15.7. The van der Waals surface area contributed by atoms with Crippen molar-refractivity contribution in [3.8, 4) is 0 Å². The summed E-state index contributed by atoms with van der Waals surface area (Å²) in [6.45, 7) is 1.11. The Morgan fingerprint density at radius 3 is 1.50 bits per heavy atom. The van der Waals surface area contributed by atoms with Crippen LogP contribution in [0.15, 0.2) is 12.1 Å². The van der Waals surface area contributed by atoms with E-state index in [0.717, 1.165) is 6.92 Å². The summed E-state index contributed by atoms with van der Waals surface area (Å²) in [5, 5.41) is 0.